The number of H-pyrrole nitrogens is 1. The van der Waals surface area contributed by atoms with Crippen molar-refractivity contribution in [1.29, 1.82) is 0 Å². The number of nitrogens with zero attached hydrogens (tertiary/aromatic N) is 2. The van der Waals surface area contributed by atoms with Crippen molar-refractivity contribution in [3.8, 4) is 0 Å². The number of nitrogens with one attached hydrogen (secondary N) is 2. The lowest BCUT2D eigenvalue weighted by Crippen LogP contribution is -2.55. The maximum atomic E-state index is 12.1. The minimum Gasteiger partial charge on any atom is -0.382 e. The summed E-state index contributed by atoms with van der Waals surface area (Å²) in [5.74, 6) is 0.252. The molecule has 4 N–H and O–H groups in total. The van der Waals surface area contributed by atoms with Crippen LogP contribution in [0.5, 0.6) is 0 Å². The highest BCUT2D eigenvalue weighted by atomic mass is 16.2. The van der Waals surface area contributed by atoms with Gasteiger partial charge in [-0.3, -0.25) is 9.89 Å². The zero-order valence-corrected chi connectivity index (χ0v) is 11.2. The van der Waals surface area contributed by atoms with Gasteiger partial charge >= 0.3 is 0 Å². The molecule has 0 aliphatic carbocycles. The van der Waals surface area contributed by atoms with Crippen LogP contribution in [0, 0.1) is 0 Å². The third-order valence-electron chi connectivity index (χ3n) is 4.52. The fraction of sp³-hybridized carbons (Fsp3) is 0.692. The molecule has 2 unspecified atom stereocenters. The minimum absolute atomic E-state index is 0.100. The molecule has 2 fully saturated rings. The van der Waals surface area contributed by atoms with Gasteiger partial charge in [-0.2, -0.15) is 5.10 Å². The number of aromatic amines is 1. The van der Waals surface area contributed by atoms with Crippen molar-refractivity contribution in [2.24, 2.45) is 0 Å². The first-order valence-electron chi connectivity index (χ1n) is 6.97. The van der Waals surface area contributed by atoms with Crippen LogP contribution in [0.1, 0.15) is 42.6 Å². The highest BCUT2D eigenvalue weighted by Crippen LogP contribution is 2.32. The number of nitrogen functional groups attached to an aromatic ring is 1. The largest absolute Gasteiger partial charge is 0.382 e. The summed E-state index contributed by atoms with van der Waals surface area (Å²) in [4.78, 5) is 14.6. The van der Waals surface area contributed by atoms with E-state index in [0.29, 0.717) is 23.6 Å². The van der Waals surface area contributed by atoms with E-state index in [0.717, 1.165) is 12.8 Å². The molecular formula is C13H21N5O. The van der Waals surface area contributed by atoms with Gasteiger partial charge in [0.1, 0.15) is 11.5 Å². The molecule has 0 aromatic carbocycles. The van der Waals surface area contributed by atoms with Crippen LogP contribution in [0.3, 0.4) is 0 Å². The van der Waals surface area contributed by atoms with Crippen molar-refractivity contribution in [2.75, 3.05) is 12.8 Å². The summed E-state index contributed by atoms with van der Waals surface area (Å²) < 4.78 is 0. The number of rotatable bonds is 2. The standard InChI is InChI=1S/C13H21N5O/c1-18-9-3-2-4-10(18)6-8(5-9)15-13(19)11-7-12(14)17-16-11/h7-10H,2-6H2,1H3,(H,15,19)(H3,14,16,17). The lowest BCUT2D eigenvalue weighted by atomic mass is 9.82. The van der Waals surface area contributed by atoms with Gasteiger partial charge in [0.05, 0.1) is 0 Å². The summed E-state index contributed by atoms with van der Waals surface area (Å²) in [7, 11) is 2.21. The van der Waals surface area contributed by atoms with Gasteiger partial charge in [-0.1, -0.05) is 6.42 Å². The summed E-state index contributed by atoms with van der Waals surface area (Å²) in [6.45, 7) is 0. The van der Waals surface area contributed by atoms with Gasteiger partial charge in [0.25, 0.3) is 5.91 Å². The molecular weight excluding hydrogens is 242 g/mol. The number of hydrogen-bond donors (Lipinski definition) is 3. The molecule has 1 aromatic rings. The fourth-order valence-corrected chi connectivity index (χ4v) is 3.45. The molecule has 2 bridgehead atoms. The average molecular weight is 263 g/mol. The number of amides is 1. The Labute approximate surface area is 112 Å². The molecule has 19 heavy (non-hydrogen) atoms. The predicted octanol–water partition coefficient (Wildman–Crippen LogP) is 0.737. The van der Waals surface area contributed by atoms with E-state index in [2.05, 4.69) is 27.5 Å². The molecule has 0 radical (unpaired) electrons. The lowest BCUT2D eigenvalue weighted by molar-refractivity contribution is 0.0462. The summed E-state index contributed by atoms with van der Waals surface area (Å²) in [6, 6.07) is 3.07. The van der Waals surface area contributed by atoms with E-state index in [9.17, 15) is 4.79 Å². The third kappa shape index (κ3) is 2.45. The quantitative estimate of drug-likeness (QED) is 0.734. The molecule has 0 saturated carbocycles. The monoisotopic (exact) mass is 263 g/mol. The van der Waals surface area contributed by atoms with Crippen LogP contribution in [-0.2, 0) is 0 Å². The molecule has 3 heterocycles. The van der Waals surface area contributed by atoms with Gasteiger partial charge in [0, 0.05) is 24.2 Å². The van der Waals surface area contributed by atoms with Gasteiger partial charge in [0.15, 0.2) is 0 Å². The summed E-state index contributed by atoms with van der Waals surface area (Å²) in [6.07, 6.45) is 5.90. The second-order valence-electron chi connectivity index (χ2n) is 5.75. The van der Waals surface area contributed by atoms with Gasteiger partial charge < -0.3 is 16.0 Å². The number of piperidine rings is 2. The Hall–Kier alpha value is -1.56. The number of carbonyl (C=O) groups is 1. The minimum atomic E-state index is -0.100. The predicted molar refractivity (Wildman–Crippen MR) is 72.7 cm³/mol. The van der Waals surface area contributed by atoms with E-state index in [4.69, 9.17) is 5.73 Å². The number of aromatic nitrogens is 2. The first-order chi connectivity index (χ1) is 9.13. The van der Waals surface area contributed by atoms with E-state index in [1.165, 1.54) is 19.3 Å². The van der Waals surface area contributed by atoms with Crippen molar-refractivity contribution in [2.45, 2.75) is 50.2 Å². The Bertz CT molecular complexity index is 457. The van der Waals surface area contributed by atoms with Crippen LogP contribution in [0.4, 0.5) is 5.82 Å². The molecule has 2 saturated heterocycles. The Kier molecular flexibility index (Phi) is 3.18. The van der Waals surface area contributed by atoms with Crippen LogP contribution in [-0.4, -0.2) is 46.2 Å². The van der Waals surface area contributed by atoms with E-state index in [1.54, 1.807) is 6.07 Å². The highest BCUT2D eigenvalue weighted by molar-refractivity contribution is 5.93. The number of anilines is 1. The Morgan fingerprint density at radius 2 is 2.16 bits per heavy atom. The van der Waals surface area contributed by atoms with Gasteiger partial charge in [0.2, 0.25) is 0 Å². The topological polar surface area (TPSA) is 87.0 Å². The second-order valence-corrected chi connectivity index (χ2v) is 5.75. The smallest absolute Gasteiger partial charge is 0.269 e. The van der Waals surface area contributed by atoms with E-state index < -0.39 is 0 Å². The van der Waals surface area contributed by atoms with Crippen molar-refractivity contribution in [3.63, 3.8) is 0 Å². The maximum Gasteiger partial charge on any atom is 0.269 e. The van der Waals surface area contributed by atoms with Crippen LogP contribution in [0.25, 0.3) is 0 Å². The molecule has 1 amide bonds. The summed E-state index contributed by atoms with van der Waals surface area (Å²) in [5, 5.41) is 9.55. The molecule has 2 aliphatic rings. The Morgan fingerprint density at radius 3 is 2.74 bits per heavy atom. The SMILES string of the molecule is CN1C2CCCC1CC(NC(=O)c1cc(N)n[nH]1)C2. The molecule has 1 aromatic heterocycles. The normalized spacial score (nSPS) is 31.1. The van der Waals surface area contributed by atoms with Gasteiger partial charge in [-0.05, 0) is 32.7 Å². The number of carbonyl (C=O) groups excluding carboxylic acids is 1. The zero-order chi connectivity index (χ0) is 13.4. The summed E-state index contributed by atoms with van der Waals surface area (Å²) >= 11 is 0. The van der Waals surface area contributed by atoms with E-state index in [1.807, 2.05) is 0 Å². The molecule has 6 nitrogen and oxygen atoms in total. The highest BCUT2D eigenvalue weighted by Gasteiger charge is 2.36. The fourth-order valence-electron chi connectivity index (χ4n) is 3.45. The van der Waals surface area contributed by atoms with Gasteiger partial charge in [-0.25, -0.2) is 0 Å². The van der Waals surface area contributed by atoms with Crippen molar-refractivity contribution < 1.29 is 4.79 Å². The molecule has 3 rings (SSSR count). The molecule has 0 spiro atoms. The molecule has 6 heteroatoms. The van der Waals surface area contributed by atoms with Crippen molar-refractivity contribution >= 4 is 11.7 Å². The first-order valence-corrected chi connectivity index (χ1v) is 6.97. The Morgan fingerprint density at radius 1 is 1.47 bits per heavy atom. The molecule has 2 aliphatic heterocycles. The van der Waals surface area contributed by atoms with E-state index >= 15 is 0 Å². The van der Waals surface area contributed by atoms with Crippen LogP contribution >= 0.6 is 0 Å². The second kappa shape index (κ2) is 4.85. The van der Waals surface area contributed by atoms with E-state index in [-0.39, 0.29) is 11.9 Å². The lowest BCUT2D eigenvalue weighted by Gasteiger charge is -2.47. The number of nitrogens with two attached hydrogens (primary N) is 1. The maximum absolute atomic E-state index is 12.1. The van der Waals surface area contributed by atoms with Crippen LogP contribution in [0.2, 0.25) is 0 Å². The zero-order valence-electron chi connectivity index (χ0n) is 11.2. The average Bonchev–Trinajstić information content (AvgIpc) is 2.77. The van der Waals surface area contributed by atoms with Crippen LogP contribution < -0.4 is 11.1 Å². The Balaban J connectivity index is 1.63. The van der Waals surface area contributed by atoms with Crippen molar-refractivity contribution in [3.05, 3.63) is 11.8 Å². The molecule has 104 valence electrons. The first kappa shape index (κ1) is 12.5. The number of hydrogen-bond acceptors (Lipinski definition) is 4. The summed E-state index contributed by atoms with van der Waals surface area (Å²) in [5.41, 5.74) is 5.96. The van der Waals surface area contributed by atoms with Crippen molar-refractivity contribution in [1.82, 2.24) is 20.4 Å². The molecule has 2 atom stereocenters. The third-order valence-corrected chi connectivity index (χ3v) is 4.52. The van der Waals surface area contributed by atoms with Crippen LogP contribution in [0.15, 0.2) is 6.07 Å². The number of fused-ring (bicyclic) bond motifs is 2. The van der Waals surface area contributed by atoms with Gasteiger partial charge in [-0.15, -0.1) is 0 Å².